The van der Waals surface area contributed by atoms with Gasteiger partial charge in [0.15, 0.2) is 0 Å². The third-order valence-corrected chi connectivity index (χ3v) is 3.69. The molecular weight excluding hydrogens is 307 g/mol. The molecule has 2 rings (SSSR count). The molecule has 19 heavy (non-hydrogen) atoms. The maximum absolute atomic E-state index is 10.9. The van der Waals surface area contributed by atoms with Crippen LogP contribution in [0.3, 0.4) is 0 Å². The van der Waals surface area contributed by atoms with Crippen molar-refractivity contribution in [1.29, 1.82) is 0 Å². The number of hydrogen-bond donors (Lipinski definition) is 1. The van der Waals surface area contributed by atoms with E-state index in [1.807, 2.05) is 6.07 Å². The summed E-state index contributed by atoms with van der Waals surface area (Å²) in [6, 6.07) is 7.05. The minimum absolute atomic E-state index is 0.127. The number of nitrogens with zero attached hydrogens (tertiary/aromatic N) is 2. The second kappa shape index (κ2) is 6.23. The van der Waals surface area contributed by atoms with Crippen molar-refractivity contribution >= 4 is 46.2 Å². The molecule has 4 nitrogen and oxygen atoms in total. The fourth-order valence-electron chi connectivity index (χ4n) is 1.60. The molecule has 0 saturated heterocycles. The second-order valence-electron chi connectivity index (χ2n) is 3.79. The Morgan fingerprint density at radius 1 is 1.42 bits per heavy atom. The maximum Gasteiger partial charge on any atom is 0.323 e. The van der Waals surface area contributed by atoms with Crippen LogP contribution in [0.5, 0.6) is 0 Å². The zero-order valence-corrected chi connectivity index (χ0v) is 12.0. The number of thiazole rings is 1. The Bertz CT molecular complexity index is 589. The van der Waals surface area contributed by atoms with Gasteiger partial charge in [-0.1, -0.05) is 29.3 Å². The lowest BCUT2D eigenvalue weighted by Crippen LogP contribution is -2.29. The van der Waals surface area contributed by atoms with Gasteiger partial charge in [0.2, 0.25) is 0 Å². The number of aliphatic carboxylic acids is 1. The molecule has 0 aliphatic rings. The van der Waals surface area contributed by atoms with Crippen LogP contribution in [-0.4, -0.2) is 22.6 Å². The molecule has 100 valence electrons. The van der Waals surface area contributed by atoms with E-state index in [9.17, 15) is 4.79 Å². The highest BCUT2D eigenvalue weighted by Crippen LogP contribution is 2.24. The number of rotatable bonds is 5. The lowest BCUT2D eigenvalue weighted by molar-refractivity contribution is -0.135. The largest absolute Gasteiger partial charge is 0.480 e. The Kier molecular flexibility index (Phi) is 4.63. The van der Waals surface area contributed by atoms with E-state index in [0.717, 1.165) is 10.7 Å². The standard InChI is InChI=1S/C12H10Cl2N2O2S/c13-8-2-1-3-9(4-8)16(7-12(17)18)6-11-15-5-10(14)19-11/h1-5H,6-7H2,(H,17,18). The molecule has 1 aromatic carbocycles. The molecule has 0 aliphatic carbocycles. The van der Waals surface area contributed by atoms with E-state index in [1.54, 1.807) is 29.3 Å². The number of carboxylic acids is 1. The minimum atomic E-state index is -0.914. The van der Waals surface area contributed by atoms with E-state index in [2.05, 4.69) is 4.98 Å². The molecule has 7 heteroatoms. The highest BCUT2D eigenvalue weighted by molar-refractivity contribution is 7.15. The Hall–Kier alpha value is -1.30. The third kappa shape index (κ3) is 4.09. The van der Waals surface area contributed by atoms with Crippen LogP contribution in [0.25, 0.3) is 0 Å². The first-order chi connectivity index (χ1) is 9.04. The van der Waals surface area contributed by atoms with Gasteiger partial charge in [-0.15, -0.1) is 11.3 Å². The molecule has 0 radical (unpaired) electrons. The molecule has 0 saturated carbocycles. The number of anilines is 1. The van der Waals surface area contributed by atoms with E-state index in [0.29, 0.717) is 15.9 Å². The van der Waals surface area contributed by atoms with Crippen molar-refractivity contribution in [1.82, 2.24) is 4.98 Å². The summed E-state index contributed by atoms with van der Waals surface area (Å²) in [5, 5.41) is 10.3. The smallest absolute Gasteiger partial charge is 0.323 e. The van der Waals surface area contributed by atoms with Gasteiger partial charge in [-0.2, -0.15) is 0 Å². The average molecular weight is 317 g/mol. The number of halogens is 2. The van der Waals surface area contributed by atoms with Crippen molar-refractivity contribution in [3.05, 3.63) is 44.8 Å². The molecule has 0 spiro atoms. The van der Waals surface area contributed by atoms with Crippen LogP contribution in [0.1, 0.15) is 5.01 Å². The van der Waals surface area contributed by atoms with E-state index < -0.39 is 5.97 Å². The predicted molar refractivity (Wildman–Crippen MR) is 77.3 cm³/mol. The summed E-state index contributed by atoms with van der Waals surface area (Å²) >= 11 is 13.1. The van der Waals surface area contributed by atoms with Crippen LogP contribution in [0.15, 0.2) is 30.5 Å². The van der Waals surface area contributed by atoms with Gasteiger partial charge in [-0.05, 0) is 18.2 Å². The summed E-state index contributed by atoms with van der Waals surface area (Å²) in [6.45, 7) is 0.252. The van der Waals surface area contributed by atoms with Gasteiger partial charge < -0.3 is 10.0 Å². The van der Waals surface area contributed by atoms with Gasteiger partial charge in [-0.25, -0.2) is 4.98 Å². The Balaban J connectivity index is 2.22. The van der Waals surface area contributed by atoms with Gasteiger partial charge in [-0.3, -0.25) is 4.79 Å². The quantitative estimate of drug-likeness (QED) is 0.916. The van der Waals surface area contributed by atoms with E-state index in [1.165, 1.54) is 11.3 Å². The molecular formula is C12H10Cl2N2O2S. The first-order valence-electron chi connectivity index (χ1n) is 5.37. The Morgan fingerprint density at radius 2 is 2.21 bits per heavy atom. The van der Waals surface area contributed by atoms with Gasteiger partial charge in [0.25, 0.3) is 0 Å². The highest BCUT2D eigenvalue weighted by atomic mass is 35.5. The molecule has 1 aromatic heterocycles. The van der Waals surface area contributed by atoms with Crippen LogP contribution in [-0.2, 0) is 11.3 Å². The van der Waals surface area contributed by atoms with Gasteiger partial charge in [0.1, 0.15) is 15.9 Å². The Labute approximate surface area is 124 Å². The number of aromatic nitrogens is 1. The van der Waals surface area contributed by atoms with Crippen molar-refractivity contribution in [2.75, 3.05) is 11.4 Å². The molecule has 0 fully saturated rings. The van der Waals surface area contributed by atoms with Gasteiger partial charge in [0.05, 0.1) is 12.7 Å². The molecule has 1 N–H and O–H groups in total. The SMILES string of the molecule is O=C(O)CN(Cc1ncc(Cl)s1)c1cccc(Cl)c1. The second-order valence-corrected chi connectivity index (χ2v) is 5.97. The normalized spacial score (nSPS) is 10.4. The maximum atomic E-state index is 10.9. The predicted octanol–water partition coefficient (Wildman–Crippen LogP) is 3.54. The minimum Gasteiger partial charge on any atom is -0.480 e. The zero-order valence-electron chi connectivity index (χ0n) is 9.72. The molecule has 0 atom stereocenters. The summed E-state index contributed by atoms with van der Waals surface area (Å²) in [7, 11) is 0. The van der Waals surface area contributed by atoms with Crippen molar-refractivity contribution in [2.45, 2.75) is 6.54 Å². The first kappa shape index (κ1) is 14.1. The van der Waals surface area contributed by atoms with Crippen molar-refractivity contribution in [3.8, 4) is 0 Å². The number of carbonyl (C=O) groups is 1. The van der Waals surface area contributed by atoms with Crippen molar-refractivity contribution in [3.63, 3.8) is 0 Å². The molecule has 1 heterocycles. The third-order valence-electron chi connectivity index (χ3n) is 2.35. The topological polar surface area (TPSA) is 53.4 Å². The highest BCUT2D eigenvalue weighted by Gasteiger charge is 2.13. The first-order valence-corrected chi connectivity index (χ1v) is 6.94. The molecule has 0 aliphatic heterocycles. The van der Waals surface area contributed by atoms with Crippen LogP contribution >= 0.6 is 34.5 Å². The Morgan fingerprint density at radius 3 is 2.79 bits per heavy atom. The number of benzene rings is 1. The van der Waals surface area contributed by atoms with Crippen LogP contribution < -0.4 is 4.90 Å². The van der Waals surface area contributed by atoms with Gasteiger partial charge in [0, 0.05) is 10.7 Å². The molecule has 0 bridgehead atoms. The van der Waals surface area contributed by atoms with Crippen molar-refractivity contribution in [2.24, 2.45) is 0 Å². The average Bonchev–Trinajstić information content (AvgIpc) is 2.73. The fourth-order valence-corrected chi connectivity index (χ4v) is 2.76. The number of hydrogen-bond acceptors (Lipinski definition) is 4. The van der Waals surface area contributed by atoms with E-state index >= 15 is 0 Å². The molecule has 2 aromatic rings. The summed E-state index contributed by atoms with van der Waals surface area (Å²) < 4.78 is 0.580. The van der Waals surface area contributed by atoms with Crippen molar-refractivity contribution < 1.29 is 9.90 Å². The number of carboxylic acid groups (broad SMARTS) is 1. The lowest BCUT2D eigenvalue weighted by atomic mass is 10.3. The molecule has 0 amide bonds. The van der Waals surface area contributed by atoms with Gasteiger partial charge >= 0.3 is 5.97 Å². The van der Waals surface area contributed by atoms with E-state index in [-0.39, 0.29) is 6.54 Å². The summed E-state index contributed by atoms with van der Waals surface area (Å²) in [5.41, 5.74) is 0.737. The monoisotopic (exact) mass is 316 g/mol. The summed E-state index contributed by atoms with van der Waals surface area (Å²) in [5.74, 6) is -0.914. The lowest BCUT2D eigenvalue weighted by Gasteiger charge is -2.21. The van der Waals surface area contributed by atoms with Crippen LogP contribution in [0.4, 0.5) is 5.69 Å². The fraction of sp³-hybridized carbons (Fsp3) is 0.167. The zero-order chi connectivity index (χ0) is 13.8. The summed E-state index contributed by atoms with van der Waals surface area (Å²) in [4.78, 5) is 16.8. The molecule has 0 unspecified atom stereocenters. The van der Waals surface area contributed by atoms with E-state index in [4.69, 9.17) is 28.3 Å². The van der Waals surface area contributed by atoms with Crippen LogP contribution in [0, 0.1) is 0 Å². The summed E-state index contributed by atoms with van der Waals surface area (Å²) in [6.07, 6.45) is 1.55. The van der Waals surface area contributed by atoms with Crippen LogP contribution in [0.2, 0.25) is 9.36 Å².